The second kappa shape index (κ2) is 6.96. The van der Waals surface area contributed by atoms with Crippen LogP contribution in [-0.2, 0) is 6.54 Å². The predicted molar refractivity (Wildman–Crippen MR) is 101 cm³/mol. The molecule has 6 nitrogen and oxygen atoms in total. The zero-order valence-electron chi connectivity index (χ0n) is 15.3. The maximum Gasteiger partial charge on any atom is 0.336 e. The molecule has 1 aliphatic heterocycles. The van der Waals surface area contributed by atoms with E-state index in [1.165, 1.54) is 11.0 Å². The highest BCUT2D eigenvalue weighted by Gasteiger charge is 2.24. The molecular formula is C21H22NO5+. The minimum absolute atomic E-state index is 0.0583. The molecule has 140 valence electrons. The number of fused-ring (bicyclic) bond motifs is 2. The molecule has 0 saturated heterocycles. The molecule has 1 unspecified atom stereocenters. The second-order valence-corrected chi connectivity index (χ2v) is 7.01. The number of phenolic OH excluding ortho intramolecular Hbond substituents is 1. The van der Waals surface area contributed by atoms with Crippen LogP contribution >= 0.6 is 0 Å². The molecule has 27 heavy (non-hydrogen) atoms. The number of likely N-dealkylation sites (N-methyl/N-ethyl adjacent to an activating group) is 1. The van der Waals surface area contributed by atoms with Crippen LogP contribution in [0.15, 0.2) is 51.7 Å². The molecule has 0 saturated carbocycles. The zero-order valence-corrected chi connectivity index (χ0v) is 15.3. The summed E-state index contributed by atoms with van der Waals surface area (Å²) in [5.74, 6) is 1.65. The van der Waals surface area contributed by atoms with Gasteiger partial charge in [-0.1, -0.05) is 12.1 Å². The van der Waals surface area contributed by atoms with Crippen LogP contribution in [0.3, 0.4) is 0 Å². The Labute approximate surface area is 156 Å². The molecule has 0 aliphatic carbocycles. The van der Waals surface area contributed by atoms with Gasteiger partial charge in [0.2, 0.25) is 0 Å². The lowest BCUT2D eigenvalue weighted by atomic mass is 10.1. The fraction of sp³-hybridized carbons (Fsp3) is 0.286. The molecule has 2 atom stereocenters. The van der Waals surface area contributed by atoms with E-state index in [4.69, 9.17) is 13.9 Å². The van der Waals surface area contributed by atoms with Crippen molar-refractivity contribution < 1.29 is 23.9 Å². The first-order valence-corrected chi connectivity index (χ1v) is 8.96. The summed E-state index contributed by atoms with van der Waals surface area (Å²) in [5.41, 5.74) is 1.49. The summed E-state index contributed by atoms with van der Waals surface area (Å²) in [6, 6.07) is 12.6. The molecule has 4 rings (SSSR count). The summed E-state index contributed by atoms with van der Waals surface area (Å²) in [7, 11) is 2.05. The Morgan fingerprint density at radius 3 is 2.78 bits per heavy atom. The summed E-state index contributed by atoms with van der Waals surface area (Å²) >= 11 is 0. The van der Waals surface area contributed by atoms with Crippen molar-refractivity contribution in [2.45, 2.75) is 19.6 Å². The highest BCUT2D eigenvalue weighted by atomic mass is 16.6. The summed E-state index contributed by atoms with van der Waals surface area (Å²) in [6.45, 7) is 3.60. The van der Waals surface area contributed by atoms with Gasteiger partial charge in [0.05, 0.1) is 7.05 Å². The average Bonchev–Trinajstić information content (AvgIpc) is 2.65. The predicted octanol–water partition coefficient (Wildman–Crippen LogP) is 1.66. The van der Waals surface area contributed by atoms with E-state index >= 15 is 0 Å². The van der Waals surface area contributed by atoms with Crippen molar-refractivity contribution in [1.82, 2.24) is 0 Å². The number of aromatic hydroxyl groups is 1. The molecule has 2 N–H and O–H groups in total. The monoisotopic (exact) mass is 368 g/mol. The standard InChI is InChI=1S/C21H21NO5/c1-13-17(23)8-7-16-14(9-20(24)27-21(13)16)10-22(2)11-15-12-25-18-5-3-4-6-19(18)26-15/h3-9,15,23H,10-12H2,1-2H3/p+1/t15-/m0/s1. The lowest BCUT2D eigenvalue weighted by molar-refractivity contribution is -0.896. The first kappa shape index (κ1) is 17.4. The molecule has 0 amide bonds. The molecule has 0 fully saturated rings. The van der Waals surface area contributed by atoms with Crippen LogP contribution in [0.25, 0.3) is 11.0 Å². The van der Waals surface area contributed by atoms with Crippen LogP contribution in [-0.4, -0.2) is 31.4 Å². The summed E-state index contributed by atoms with van der Waals surface area (Å²) < 4.78 is 17.1. The maximum absolute atomic E-state index is 12.0. The van der Waals surface area contributed by atoms with E-state index in [1.807, 2.05) is 24.3 Å². The van der Waals surface area contributed by atoms with Gasteiger partial charge in [-0.25, -0.2) is 4.79 Å². The molecule has 0 bridgehead atoms. The Bertz CT molecular complexity index is 1040. The zero-order chi connectivity index (χ0) is 19.0. The number of aryl methyl sites for hydroxylation is 1. The lowest BCUT2D eigenvalue weighted by Gasteiger charge is -2.28. The summed E-state index contributed by atoms with van der Waals surface area (Å²) in [5, 5.41) is 10.7. The topological polar surface area (TPSA) is 73.3 Å². The number of ether oxygens (including phenoxy) is 2. The van der Waals surface area contributed by atoms with Gasteiger partial charge in [-0.2, -0.15) is 0 Å². The van der Waals surface area contributed by atoms with Gasteiger partial charge in [0, 0.05) is 22.6 Å². The second-order valence-electron chi connectivity index (χ2n) is 7.01. The van der Waals surface area contributed by atoms with Crippen molar-refractivity contribution in [3.8, 4) is 17.2 Å². The van der Waals surface area contributed by atoms with Crippen LogP contribution in [0.5, 0.6) is 17.2 Å². The third-order valence-electron chi connectivity index (χ3n) is 4.85. The Hall–Kier alpha value is -2.99. The van der Waals surface area contributed by atoms with Crippen molar-refractivity contribution in [3.05, 3.63) is 64.0 Å². The third kappa shape index (κ3) is 3.48. The number of hydrogen-bond acceptors (Lipinski definition) is 5. The third-order valence-corrected chi connectivity index (χ3v) is 4.85. The van der Waals surface area contributed by atoms with Crippen molar-refractivity contribution >= 4 is 11.0 Å². The molecule has 0 spiro atoms. The fourth-order valence-electron chi connectivity index (χ4n) is 3.51. The van der Waals surface area contributed by atoms with Gasteiger partial charge in [-0.3, -0.25) is 0 Å². The number of benzene rings is 2. The van der Waals surface area contributed by atoms with Crippen LogP contribution in [0.2, 0.25) is 0 Å². The molecule has 2 heterocycles. The molecule has 2 aromatic carbocycles. The van der Waals surface area contributed by atoms with Gasteiger partial charge < -0.3 is 23.9 Å². The summed E-state index contributed by atoms with van der Waals surface area (Å²) in [6.07, 6.45) is -0.0583. The van der Waals surface area contributed by atoms with Gasteiger partial charge in [-0.15, -0.1) is 0 Å². The van der Waals surface area contributed by atoms with Crippen molar-refractivity contribution in [1.29, 1.82) is 0 Å². The van der Waals surface area contributed by atoms with Crippen LogP contribution < -0.4 is 20.0 Å². The van der Waals surface area contributed by atoms with E-state index in [-0.39, 0.29) is 11.9 Å². The largest absolute Gasteiger partial charge is 0.508 e. The first-order valence-electron chi connectivity index (χ1n) is 8.96. The van der Waals surface area contributed by atoms with Gasteiger partial charge in [-0.05, 0) is 31.2 Å². The number of nitrogens with one attached hydrogen (secondary N) is 1. The molecule has 0 radical (unpaired) electrons. The van der Waals surface area contributed by atoms with E-state index in [9.17, 15) is 9.90 Å². The number of quaternary nitrogens is 1. The quantitative estimate of drug-likeness (QED) is 0.686. The lowest BCUT2D eigenvalue weighted by Crippen LogP contribution is -3.09. The highest BCUT2D eigenvalue weighted by molar-refractivity contribution is 5.84. The normalized spacial score (nSPS) is 17.0. The van der Waals surface area contributed by atoms with Crippen LogP contribution in [0.1, 0.15) is 11.1 Å². The SMILES string of the molecule is Cc1c(O)ccc2c(C[NH+](C)C[C@H]3COc4ccccc4O3)cc(=O)oc12. The van der Waals surface area contributed by atoms with E-state index in [0.717, 1.165) is 29.0 Å². The van der Waals surface area contributed by atoms with E-state index in [2.05, 4.69) is 7.05 Å². The molecular weight excluding hydrogens is 346 g/mol. The Kier molecular flexibility index (Phi) is 4.49. The maximum atomic E-state index is 12.0. The minimum atomic E-state index is -0.412. The number of rotatable bonds is 4. The molecule has 6 heteroatoms. The average molecular weight is 368 g/mol. The highest BCUT2D eigenvalue weighted by Crippen LogP contribution is 2.30. The van der Waals surface area contributed by atoms with Gasteiger partial charge in [0.25, 0.3) is 0 Å². The number of phenols is 1. The Morgan fingerprint density at radius 2 is 1.96 bits per heavy atom. The fourth-order valence-corrected chi connectivity index (χ4v) is 3.51. The van der Waals surface area contributed by atoms with Crippen molar-refractivity contribution in [3.63, 3.8) is 0 Å². The van der Waals surface area contributed by atoms with Gasteiger partial charge in [0.1, 0.15) is 31.0 Å². The molecule has 3 aromatic rings. The minimum Gasteiger partial charge on any atom is -0.508 e. The Balaban J connectivity index is 1.53. The van der Waals surface area contributed by atoms with E-state index in [0.29, 0.717) is 24.3 Å². The van der Waals surface area contributed by atoms with Gasteiger partial charge in [0.15, 0.2) is 17.6 Å². The molecule has 1 aliphatic rings. The van der Waals surface area contributed by atoms with E-state index in [1.54, 1.807) is 19.1 Å². The van der Waals surface area contributed by atoms with E-state index < -0.39 is 5.63 Å². The Morgan fingerprint density at radius 1 is 1.19 bits per heavy atom. The van der Waals surface area contributed by atoms with Crippen LogP contribution in [0, 0.1) is 6.92 Å². The first-order chi connectivity index (χ1) is 13.0. The van der Waals surface area contributed by atoms with Crippen molar-refractivity contribution in [2.24, 2.45) is 0 Å². The number of para-hydroxylation sites is 2. The van der Waals surface area contributed by atoms with Gasteiger partial charge >= 0.3 is 5.63 Å². The van der Waals surface area contributed by atoms with Crippen LogP contribution in [0.4, 0.5) is 0 Å². The smallest absolute Gasteiger partial charge is 0.336 e. The summed E-state index contributed by atoms with van der Waals surface area (Å²) in [4.78, 5) is 13.2. The number of hydrogen-bond donors (Lipinski definition) is 2. The molecule has 1 aromatic heterocycles. The van der Waals surface area contributed by atoms with Crippen molar-refractivity contribution in [2.75, 3.05) is 20.2 Å².